The summed E-state index contributed by atoms with van der Waals surface area (Å²) in [6.07, 6.45) is 2.25. The first-order valence-electron chi connectivity index (χ1n) is 8.36. The zero-order valence-corrected chi connectivity index (χ0v) is 16.0. The van der Waals surface area contributed by atoms with Crippen molar-refractivity contribution in [2.24, 2.45) is 0 Å². The highest BCUT2D eigenvalue weighted by Crippen LogP contribution is 2.28. The van der Waals surface area contributed by atoms with Gasteiger partial charge in [-0.1, -0.05) is 11.3 Å². The number of nitrogens with zero attached hydrogens (tertiary/aromatic N) is 2. The number of hydrogen-bond donors (Lipinski definition) is 1. The van der Waals surface area contributed by atoms with Crippen LogP contribution in [0, 0.1) is 12.7 Å². The molecule has 9 heteroatoms. The van der Waals surface area contributed by atoms with Gasteiger partial charge in [0.2, 0.25) is 0 Å². The Kier molecular flexibility index (Phi) is 5.57. The largest absolute Gasteiger partial charge is 0.350 e. The molecule has 0 atom stereocenters. The van der Waals surface area contributed by atoms with Gasteiger partial charge >= 0.3 is 0 Å². The average Bonchev–Trinajstić information content (AvgIpc) is 3.24. The van der Waals surface area contributed by atoms with Crippen LogP contribution in [0.3, 0.4) is 0 Å². The van der Waals surface area contributed by atoms with Crippen LogP contribution < -0.4 is 10.2 Å². The molecule has 0 radical (unpaired) electrons. The molecule has 1 saturated heterocycles. The summed E-state index contributed by atoms with van der Waals surface area (Å²) in [5.41, 5.74) is 0.649. The second-order valence-electron chi connectivity index (χ2n) is 6.13. The predicted octanol–water partition coefficient (Wildman–Crippen LogP) is 2.39. The van der Waals surface area contributed by atoms with Crippen molar-refractivity contribution < 1.29 is 17.6 Å². The van der Waals surface area contributed by atoms with E-state index in [0.717, 1.165) is 43.2 Å². The summed E-state index contributed by atoms with van der Waals surface area (Å²) < 4.78 is 37.3. The number of rotatable bonds is 6. The van der Waals surface area contributed by atoms with Crippen LogP contribution in [0.15, 0.2) is 29.2 Å². The van der Waals surface area contributed by atoms with Crippen molar-refractivity contribution in [2.45, 2.75) is 24.7 Å². The number of aromatic nitrogens is 1. The van der Waals surface area contributed by atoms with Crippen molar-refractivity contribution in [2.75, 3.05) is 30.3 Å². The number of hydrogen-bond acceptors (Lipinski definition) is 6. The molecule has 1 N–H and O–H groups in total. The maximum atomic E-state index is 12.9. The molecule has 1 aliphatic rings. The summed E-state index contributed by atoms with van der Waals surface area (Å²) >= 11 is 1.33. The number of anilines is 1. The van der Waals surface area contributed by atoms with Crippen LogP contribution in [0.25, 0.3) is 0 Å². The zero-order valence-electron chi connectivity index (χ0n) is 14.4. The number of amides is 1. The number of benzene rings is 1. The van der Waals surface area contributed by atoms with E-state index in [4.69, 9.17) is 0 Å². The van der Waals surface area contributed by atoms with E-state index in [0.29, 0.717) is 10.6 Å². The van der Waals surface area contributed by atoms with Crippen LogP contribution in [0.4, 0.5) is 9.52 Å². The van der Waals surface area contributed by atoms with E-state index < -0.39 is 15.7 Å². The van der Waals surface area contributed by atoms with Crippen LogP contribution in [-0.4, -0.2) is 44.7 Å². The number of carbonyl (C=O) groups is 1. The summed E-state index contributed by atoms with van der Waals surface area (Å²) in [6.45, 7) is 3.66. The second-order valence-corrected chi connectivity index (χ2v) is 9.22. The minimum atomic E-state index is -3.57. The molecule has 1 fully saturated rings. The summed E-state index contributed by atoms with van der Waals surface area (Å²) in [7, 11) is -3.57. The predicted molar refractivity (Wildman–Crippen MR) is 99.1 cm³/mol. The van der Waals surface area contributed by atoms with E-state index >= 15 is 0 Å². The first-order valence-corrected chi connectivity index (χ1v) is 10.8. The molecule has 1 amide bonds. The molecule has 140 valence electrons. The fourth-order valence-electron chi connectivity index (χ4n) is 2.78. The summed E-state index contributed by atoms with van der Waals surface area (Å²) in [5.74, 6) is -1.06. The van der Waals surface area contributed by atoms with Gasteiger partial charge in [0, 0.05) is 19.6 Å². The van der Waals surface area contributed by atoms with Crippen molar-refractivity contribution in [3.05, 3.63) is 40.7 Å². The first kappa shape index (κ1) is 18.8. The molecule has 2 heterocycles. The van der Waals surface area contributed by atoms with Gasteiger partial charge in [-0.2, -0.15) is 0 Å². The molecule has 1 aromatic heterocycles. The fourth-order valence-corrected chi connectivity index (χ4v) is 4.97. The third-order valence-electron chi connectivity index (χ3n) is 4.20. The van der Waals surface area contributed by atoms with Gasteiger partial charge in [-0.25, -0.2) is 17.8 Å². The van der Waals surface area contributed by atoms with E-state index in [1.54, 1.807) is 6.92 Å². The third-order valence-corrected chi connectivity index (χ3v) is 7.15. The minimum Gasteiger partial charge on any atom is -0.350 e. The molecule has 6 nitrogen and oxygen atoms in total. The Morgan fingerprint density at radius 3 is 2.58 bits per heavy atom. The van der Waals surface area contributed by atoms with E-state index in [1.165, 1.54) is 23.5 Å². The molecule has 1 aromatic carbocycles. The molecule has 0 saturated carbocycles. The molecule has 0 unspecified atom stereocenters. The first-order chi connectivity index (χ1) is 12.4. The standard InChI is InChI=1S/C17H20FN3O3S2/c1-12-15(25-17(20-12)21-9-2-3-10-21)16(22)19-8-11-26(23,24)14-6-4-13(18)5-7-14/h4-7H,2-3,8-11H2,1H3,(H,19,22). The highest BCUT2D eigenvalue weighted by Gasteiger charge is 2.21. The highest BCUT2D eigenvalue weighted by molar-refractivity contribution is 7.91. The lowest BCUT2D eigenvalue weighted by molar-refractivity contribution is 0.0959. The van der Waals surface area contributed by atoms with E-state index in [-0.39, 0.29) is 23.1 Å². The molecule has 0 spiro atoms. The van der Waals surface area contributed by atoms with E-state index in [1.807, 2.05) is 0 Å². The van der Waals surface area contributed by atoms with Gasteiger partial charge in [0.15, 0.2) is 15.0 Å². The van der Waals surface area contributed by atoms with Crippen molar-refractivity contribution >= 4 is 32.2 Å². The number of thiazole rings is 1. The molecule has 26 heavy (non-hydrogen) atoms. The van der Waals surface area contributed by atoms with Gasteiger partial charge in [0.25, 0.3) is 5.91 Å². The fraction of sp³-hybridized carbons (Fsp3) is 0.412. The van der Waals surface area contributed by atoms with E-state index in [9.17, 15) is 17.6 Å². The van der Waals surface area contributed by atoms with Crippen molar-refractivity contribution in [3.63, 3.8) is 0 Å². The SMILES string of the molecule is Cc1nc(N2CCCC2)sc1C(=O)NCCS(=O)(=O)c1ccc(F)cc1. The van der Waals surface area contributed by atoms with Gasteiger partial charge in [-0.05, 0) is 44.0 Å². The lowest BCUT2D eigenvalue weighted by Crippen LogP contribution is -2.29. The van der Waals surface area contributed by atoms with Crippen LogP contribution in [0.1, 0.15) is 28.2 Å². The molecule has 0 aliphatic carbocycles. The Morgan fingerprint density at radius 1 is 1.27 bits per heavy atom. The minimum absolute atomic E-state index is 0.0189. The van der Waals surface area contributed by atoms with Crippen LogP contribution in [-0.2, 0) is 9.84 Å². The summed E-state index contributed by atoms with van der Waals surface area (Å²) in [5, 5.41) is 3.48. The van der Waals surface area contributed by atoms with Crippen LogP contribution in [0.5, 0.6) is 0 Å². The lowest BCUT2D eigenvalue weighted by atomic mass is 10.4. The van der Waals surface area contributed by atoms with Gasteiger partial charge in [-0.3, -0.25) is 4.79 Å². The zero-order chi connectivity index (χ0) is 18.7. The van der Waals surface area contributed by atoms with Gasteiger partial charge in [-0.15, -0.1) is 0 Å². The Hall–Kier alpha value is -2.00. The van der Waals surface area contributed by atoms with Crippen LogP contribution in [0.2, 0.25) is 0 Å². The molecule has 1 aliphatic heterocycles. The molecule has 3 rings (SSSR count). The Balaban J connectivity index is 1.59. The molecule has 2 aromatic rings. The number of sulfone groups is 1. The maximum Gasteiger partial charge on any atom is 0.263 e. The maximum absolute atomic E-state index is 12.9. The Bertz CT molecular complexity index is 888. The monoisotopic (exact) mass is 397 g/mol. The van der Waals surface area contributed by atoms with Crippen molar-refractivity contribution in [3.8, 4) is 0 Å². The number of aryl methyl sites for hydroxylation is 1. The number of nitrogens with one attached hydrogen (secondary N) is 1. The molecular formula is C17H20FN3O3S2. The van der Waals surface area contributed by atoms with Gasteiger partial charge < -0.3 is 10.2 Å². The van der Waals surface area contributed by atoms with Gasteiger partial charge in [0.05, 0.1) is 16.3 Å². The quantitative estimate of drug-likeness (QED) is 0.757. The summed E-state index contributed by atoms with van der Waals surface area (Å²) in [4.78, 5) is 19.5. The second kappa shape index (κ2) is 7.71. The van der Waals surface area contributed by atoms with Crippen LogP contribution >= 0.6 is 11.3 Å². The topological polar surface area (TPSA) is 79.4 Å². The lowest BCUT2D eigenvalue weighted by Gasteiger charge is -2.12. The number of carbonyl (C=O) groups excluding carboxylic acids is 1. The molecule has 0 bridgehead atoms. The Labute approximate surface area is 156 Å². The smallest absolute Gasteiger partial charge is 0.263 e. The molecular weight excluding hydrogens is 377 g/mol. The van der Waals surface area contributed by atoms with E-state index in [2.05, 4.69) is 15.2 Å². The number of halogens is 1. The summed E-state index contributed by atoms with van der Waals surface area (Å²) in [6, 6.07) is 4.66. The van der Waals surface area contributed by atoms with Gasteiger partial charge in [0.1, 0.15) is 10.7 Å². The van der Waals surface area contributed by atoms with Crippen molar-refractivity contribution in [1.82, 2.24) is 10.3 Å². The average molecular weight is 397 g/mol. The third kappa shape index (κ3) is 4.21. The highest BCUT2D eigenvalue weighted by atomic mass is 32.2. The Morgan fingerprint density at radius 2 is 1.92 bits per heavy atom. The van der Waals surface area contributed by atoms with Crippen molar-refractivity contribution in [1.29, 1.82) is 0 Å². The normalized spacial score (nSPS) is 14.6.